The summed E-state index contributed by atoms with van der Waals surface area (Å²) in [5, 5.41) is 4.01. The molecule has 2 aliphatic carbocycles. The van der Waals surface area contributed by atoms with Crippen LogP contribution in [0.15, 0.2) is 4.79 Å². The molecule has 146 valence electrons. The van der Waals surface area contributed by atoms with Gasteiger partial charge in [0.25, 0.3) is 5.56 Å². The smallest absolute Gasteiger partial charge is 0.259 e. The summed E-state index contributed by atoms with van der Waals surface area (Å²) in [6, 6.07) is 0.287. The highest BCUT2D eigenvalue weighted by Gasteiger charge is 2.28. The lowest BCUT2D eigenvalue weighted by atomic mass is 9.79. The van der Waals surface area contributed by atoms with Crippen LogP contribution < -0.4 is 10.9 Å². The summed E-state index contributed by atoms with van der Waals surface area (Å²) >= 11 is 3.17. The van der Waals surface area contributed by atoms with Gasteiger partial charge < -0.3 is 10.3 Å². The Morgan fingerprint density at radius 1 is 1.26 bits per heavy atom. The molecule has 2 N–H and O–H groups in total. The lowest BCUT2D eigenvalue weighted by Gasteiger charge is -2.35. The molecule has 7 heteroatoms. The van der Waals surface area contributed by atoms with Gasteiger partial charge in [-0.1, -0.05) is 20.3 Å². The number of aromatic nitrogens is 2. The third-order valence-electron chi connectivity index (χ3n) is 5.97. The topological polar surface area (TPSA) is 74.8 Å². The minimum absolute atomic E-state index is 0.0238. The van der Waals surface area contributed by atoms with Crippen molar-refractivity contribution in [1.29, 1.82) is 0 Å². The fourth-order valence-corrected chi connectivity index (χ4v) is 6.53. The number of aryl methyl sites for hydroxylation is 2. The van der Waals surface area contributed by atoms with E-state index in [0.29, 0.717) is 29.2 Å². The molecule has 0 saturated heterocycles. The van der Waals surface area contributed by atoms with Gasteiger partial charge in [-0.15, -0.1) is 23.1 Å². The number of fused-ring (bicyclic) bond motifs is 3. The predicted molar refractivity (Wildman–Crippen MR) is 113 cm³/mol. The second-order valence-electron chi connectivity index (χ2n) is 8.02. The van der Waals surface area contributed by atoms with Gasteiger partial charge >= 0.3 is 0 Å². The monoisotopic (exact) mass is 405 g/mol. The molecule has 0 radical (unpaired) electrons. The summed E-state index contributed by atoms with van der Waals surface area (Å²) < 4.78 is 0. The van der Waals surface area contributed by atoms with Crippen LogP contribution in [0.3, 0.4) is 0 Å². The molecular formula is C20H27N3O2S2. The SMILES string of the molecule is CC1CCCC(C)C1NC(=O)CSCc1nc2sc3c(c2c(=O)[nH]1)CCC3. The first-order chi connectivity index (χ1) is 13.0. The van der Waals surface area contributed by atoms with Crippen LogP contribution >= 0.6 is 23.1 Å². The molecular weight excluding hydrogens is 378 g/mol. The molecule has 0 aliphatic heterocycles. The van der Waals surface area contributed by atoms with E-state index in [4.69, 9.17) is 0 Å². The molecule has 2 aromatic rings. The van der Waals surface area contributed by atoms with Gasteiger partial charge in [0.1, 0.15) is 10.7 Å². The Morgan fingerprint density at radius 2 is 2.04 bits per heavy atom. The van der Waals surface area contributed by atoms with Crippen LogP contribution in [0.5, 0.6) is 0 Å². The molecule has 5 nitrogen and oxygen atoms in total. The van der Waals surface area contributed by atoms with E-state index in [0.717, 1.165) is 29.5 Å². The van der Waals surface area contributed by atoms with Crippen LogP contribution in [0.2, 0.25) is 0 Å². The Morgan fingerprint density at radius 3 is 2.81 bits per heavy atom. The van der Waals surface area contributed by atoms with E-state index in [1.54, 1.807) is 11.3 Å². The van der Waals surface area contributed by atoms with Gasteiger partial charge in [-0.2, -0.15) is 0 Å². The average molecular weight is 406 g/mol. The quantitative estimate of drug-likeness (QED) is 0.796. The van der Waals surface area contributed by atoms with Crippen LogP contribution in [0.4, 0.5) is 0 Å². The molecule has 0 bridgehead atoms. The Balaban J connectivity index is 1.35. The van der Waals surface area contributed by atoms with Crippen LogP contribution in [-0.2, 0) is 23.4 Å². The number of rotatable bonds is 5. The van der Waals surface area contributed by atoms with E-state index < -0.39 is 0 Å². The highest BCUT2D eigenvalue weighted by Crippen LogP contribution is 2.34. The van der Waals surface area contributed by atoms with Gasteiger partial charge in [-0.25, -0.2) is 4.98 Å². The van der Waals surface area contributed by atoms with Gasteiger partial charge in [0.05, 0.1) is 16.9 Å². The summed E-state index contributed by atoms with van der Waals surface area (Å²) in [7, 11) is 0. The van der Waals surface area contributed by atoms with Gasteiger partial charge in [-0.3, -0.25) is 9.59 Å². The fraction of sp³-hybridized carbons (Fsp3) is 0.650. The van der Waals surface area contributed by atoms with E-state index in [2.05, 4.69) is 29.1 Å². The lowest BCUT2D eigenvalue weighted by molar-refractivity contribution is -0.120. The molecule has 27 heavy (non-hydrogen) atoms. The Hall–Kier alpha value is -1.34. The number of amides is 1. The molecule has 2 atom stereocenters. The van der Waals surface area contributed by atoms with E-state index in [-0.39, 0.29) is 17.5 Å². The highest BCUT2D eigenvalue weighted by atomic mass is 32.2. The minimum atomic E-state index is -0.0238. The number of carbonyl (C=O) groups excluding carboxylic acids is 1. The van der Waals surface area contributed by atoms with Crippen molar-refractivity contribution in [1.82, 2.24) is 15.3 Å². The normalized spacial score (nSPS) is 24.9. The molecule has 1 saturated carbocycles. The van der Waals surface area contributed by atoms with Crippen molar-refractivity contribution in [2.45, 2.75) is 64.2 Å². The Bertz CT molecular complexity index is 894. The summed E-state index contributed by atoms with van der Waals surface area (Å²) in [6.45, 7) is 4.46. The molecule has 4 rings (SSSR count). The number of carbonyl (C=O) groups is 1. The van der Waals surface area contributed by atoms with Crippen molar-refractivity contribution < 1.29 is 4.79 Å². The second kappa shape index (κ2) is 7.95. The number of H-pyrrole nitrogens is 1. The Kier molecular flexibility index (Phi) is 5.60. The summed E-state index contributed by atoms with van der Waals surface area (Å²) in [6.07, 6.45) is 6.85. The molecule has 0 aromatic carbocycles. The van der Waals surface area contributed by atoms with Gasteiger partial charge in [0.2, 0.25) is 5.91 Å². The summed E-state index contributed by atoms with van der Waals surface area (Å²) in [5.74, 6) is 2.80. The molecule has 1 fully saturated rings. The molecule has 2 unspecified atom stereocenters. The zero-order valence-electron chi connectivity index (χ0n) is 16.0. The zero-order chi connectivity index (χ0) is 19.0. The van der Waals surface area contributed by atoms with E-state index in [1.807, 2.05) is 0 Å². The first-order valence-corrected chi connectivity index (χ1v) is 11.9. The average Bonchev–Trinajstić information content (AvgIpc) is 3.19. The number of hydrogen-bond acceptors (Lipinski definition) is 5. The highest BCUT2D eigenvalue weighted by molar-refractivity contribution is 7.99. The van der Waals surface area contributed by atoms with Crippen molar-refractivity contribution in [3.8, 4) is 0 Å². The molecule has 2 aromatic heterocycles. The van der Waals surface area contributed by atoms with Gasteiger partial charge in [-0.05, 0) is 49.5 Å². The second-order valence-corrected chi connectivity index (χ2v) is 10.1. The fourth-order valence-electron chi connectivity index (χ4n) is 4.55. The van der Waals surface area contributed by atoms with Crippen molar-refractivity contribution in [2.75, 3.05) is 5.75 Å². The van der Waals surface area contributed by atoms with Crippen LogP contribution in [0.25, 0.3) is 10.2 Å². The Labute approximate surface area is 167 Å². The van der Waals surface area contributed by atoms with Gasteiger partial charge in [0.15, 0.2) is 0 Å². The number of nitrogens with zero attached hydrogens (tertiary/aromatic N) is 1. The van der Waals surface area contributed by atoms with Crippen molar-refractivity contribution >= 4 is 39.2 Å². The first-order valence-electron chi connectivity index (χ1n) is 9.93. The summed E-state index contributed by atoms with van der Waals surface area (Å²) in [5.41, 5.74) is 1.18. The van der Waals surface area contributed by atoms with Crippen LogP contribution in [0.1, 0.15) is 55.8 Å². The van der Waals surface area contributed by atoms with Crippen molar-refractivity contribution in [2.24, 2.45) is 11.8 Å². The molecule has 0 spiro atoms. The van der Waals surface area contributed by atoms with Crippen molar-refractivity contribution in [3.63, 3.8) is 0 Å². The van der Waals surface area contributed by atoms with Crippen molar-refractivity contribution in [3.05, 3.63) is 26.6 Å². The first kappa shape index (κ1) is 19.0. The van der Waals surface area contributed by atoms with Crippen LogP contribution in [-0.4, -0.2) is 27.7 Å². The number of nitrogens with one attached hydrogen (secondary N) is 2. The molecule has 1 amide bonds. The standard InChI is InChI=1S/C20H27N3O2S2/c1-11-5-3-6-12(2)18(11)23-16(24)10-26-9-15-21-19(25)17-13-7-4-8-14(13)27-20(17)22-15/h11-12,18H,3-10H2,1-2H3,(H,23,24)(H,21,22,25). The lowest BCUT2D eigenvalue weighted by Crippen LogP contribution is -2.46. The maximum Gasteiger partial charge on any atom is 0.259 e. The zero-order valence-corrected chi connectivity index (χ0v) is 17.6. The molecule has 2 aliphatic rings. The summed E-state index contributed by atoms with van der Waals surface area (Å²) in [4.78, 5) is 34.6. The number of thiophene rings is 1. The maximum absolute atomic E-state index is 12.5. The number of thioether (sulfide) groups is 1. The third kappa shape index (κ3) is 3.94. The van der Waals surface area contributed by atoms with E-state index in [1.165, 1.54) is 41.5 Å². The van der Waals surface area contributed by atoms with Gasteiger partial charge in [0, 0.05) is 10.9 Å². The minimum Gasteiger partial charge on any atom is -0.352 e. The number of hydrogen-bond donors (Lipinski definition) is 2. The largest absolute Gasteiger partial charge is 0.352 e. The van der Waals surface area contributed by atoms with E-state index >= 15 is 0 Å². The molecule has 2 heterocycles. The number of aromatic amines is 1. The maximum atomic E-state index is 12.5. The van der Waals surface area contributed by atoms with Crippen LogP contribution in [0, 0.1) is 11.8 Å². The van der Waals surface area contributed by atoms with E-state index in [9.17, 15) is 9.59 Å². The predicted octanol–water partition coefficient (Wildman–Crippen LogP) is 3.65. The third-order valence-corrected chi connectivity index (χ3v) is 8.10.